The van der Waals surface area contributed by atoms with E-state index in [-0.39, 0.29) is 10.8 Å². The van der Waals surface area contributed by atoms with E-state index >= 15 is 0 Å². The van der Waals surface area contributed by atoms with Crippen LogP contribution in [0.15, 0.2) is 24.3 Å². The van der Waals surface area contributed by atoms with Gasteiger partial charge in [-0.15, -0.1) is 0 Å². The van der Waals surface area contributed by atoms with Gasteiger partial charge in [0.1, 0.15) is 0 Å². The van der Waals surface area contributed by atoms with Gasteiger partial charge in [0.2, 0.25) is 11.8 Å². The molecule has 1 aromatic carbocycles. The minimum Gasteiger partial charge on any atom is -0.493 e. The first kappa shape index (κ1) is 15.2. The highest BCUT2D eigenvalue weighted by atomic mass is 16.6. The van der Waals surface area contributed by atoms with E-state index in [1.54, 1.807) is 13.2 Å². The summed E-state index contributed by atoms with van der Waals surface area (Å²) in [7, 11) is 4.59. The minimum absolute atomic E-state index is 0.218. The van der Waals surface area contributed by atoms with Crippen LogP contribution in [0.4, 0.5) is 0 Å². The van der Waals surface area contributed by atoms with Gasteiger partial charge in [-0.1, -0.05) is 18.2 Å². The molecule has 0 unspecified atom stereocenters. The summed E-state index contributed by atoms with van der Waals surface area (Å²) in [5.41, 5.74) is 0.779. The van der Waals surface area contributed by atoms with Crippen LogP contribution >= 0.6 is 0 Å². The number of benzene rings is 1. The maximum Gasteiger partial charge on any atom is 0.223 e. The van der Waals surface area contributed by atoms with Gasteiger partial charge in [-0.3, -0.25) is 10.1 Å². The fraction of sp³-hybridized carbons (Fsp3) is 0.467. The smallest absolute Gasteiger partial charge is 0.223 e. The van der Waals surface area contributed by atoms with Crippen LogP contribution in [0.1, 0.15) is 24.3 Å². The van der Waals surface area contributed by atoms with E-state index in [4.69, 9.17) is 14.2 Å². The van der Waals surface area contributed by atoms with Crippen molar-refractivity contribution < 1.29 is 19.1 Å². The number of allylic oxidation sites excluding steroid dienone is 1. The molecule has 0 saturated heterocycles. The molecule has 2 atom stereocenters. The number of nitro groups is 1. The van der Waals surface area contributed by atoms with Crippen molar-refractivity contribution in [1.82, 2.24) is 0 Å². The molecule has 0 saturated carbocycles. The largest absolute Gasteiger partial charge is 0.493 e. The lowest BCUT2D eigenvalue weighted by Gasteiger charge is -2.25. The number of rotatable bonds is 5. The summed E-state index contributed by atoms with van der Waals surface area (Å²) >= 11 is 0. The molecular weight excluding hydrogens is 274 g/mol. The average molecular weight is 293 g/mol. The molecule has 114 valence electrons. The van der Waals surface area contributed by atoms with Crippen LogP contribution in [0.2, 0.25) is 0 Å². The van der Waals surface area contributed by atoms with E-state index in [1.165, 1.54) is 14.2 Å². The van der Waals surface area contributed by atoms with Crippen molar-refractivity contribution >= 4 is 0 Å². The second-order valence-corrected chi connectivity index (χ2v) is 4.83. The SMILES string of the molecule is COc1ccc([C@H]2CC=CC[C@@H]2[N+](=O)[O-])c(OC)c1OC. The van der Waals surface area contributed by atoms with E-state index in [0.717, 1.165) is 5.56 Å². The van der Waals surface area contributed by atoms with Gasteiger partial charge >= 0.3 is 0 Å². The van der Waals surface area contributed by atoms with Crippen molar-refractivity contribution in [3.05, 3.63) is 40.0 Å². The second-order valence-electron chi connectivity index (χ2n) is 4.83. The monoisotopic (exact) mass is 293 g/mol. The zero-order valence-electron chi connectivity index (χ0n) is 12.4. The first-order valence-electron chi connectivity index (χ1n) is 6.71. The first-order chi connectivity index (χ1) is 10.1. The molecular formula is C15H19NO5. The molecule has 0 aromatic heterocycles. The Morgan fingerprint density at radius 3 is 2.29 bits per heavy atom. The van der Waals surface area contributed by atoms with Gasteiger partial charge in [0, 0.05) is 16.9 Å². The van der Waals surface area contributed by atoms with E-state index in [0.29, 0.717) is 30.1 Å². The quantitative estimate of drug-likeness (QED) is 0.474. The zero-order chi connectivity index (χ0) is 15.4. The zero-order valence-corrected chi connectivity index (χ0v) is 12.4. The van der Waals surface area contributed by atoms with Gasteiger partial charge in [0.25, 0.3) is 0 Å². The van der Waals surface area contributed by atoms with Gasteiger partial charge in [-0.2, -0.15) is 0 Å². The molecule has 0 N–H and O–H groups in total. The molecule has 6 heteroatoms. The van der Waals surface area contributed by atoms with Gasteiger partial charge in [0.05, 0.1) is 27.2 Å². The Hall–Kier alpha value is -2.24. The predicted octanol–water partition coefficient (Wildman–Crippen LogP) is 2.79. The van der Waals surface area contributed by atoms with Crippen molar-refractivity contribution in [1.29, 1.82) is 0 Å². The Morgan fingerprint density at radius 1 is 1.05 bits per heavy atom. The topological polar surface area (TPSA) is 70.8 Å². The molecule has 6 nitrogen and oxygen atoms in total. The first-order valence-corrected chi connectivity index (χ1v) is 6.71. The van der Waals surface area contributed by atoms with Crippen molar-refractivity contribution in [2.45, 2.75) is 24.8 Å². The lowest BCUT2D eigenvalue weighted by Crippen LogP contribution is -2.29. The highest BCUT2D eigenvalue weighted by molar-refractivity contribution is 5.57. The summed E-state index contributed by atoms with van der Waals surface area (Å²) in [6.07, 6.45) is 4.87. The molecule has 1 aromatic rings. The molecule has 2 rings (SSSR count). The van der Waals surface area contributed by atoms with Crippen LogP contribution in [-0.4, -0.2) is 32.3 Å². The normalized spacial score (nSPS) is 20.9. The third-order valence-corrected chi connectivity index (χ3v) is 3.80. The number of hydrogen-bond acceptors (Lipinski definition) is 5. The Kier molecular flexibility index (Phi) is 4.67. The van der Waals surface area contributed by atoms with Gasteiger partial charge in [-0.25, -0.2) is 0 Å². The molecule has 0 fully saturated rings. The summed E-state index contributed by atoms with van der Waals surface area (Å²) in [4.78, 5) is 11.1. The maximum absolute atomic E-state index is 11.3. The summed E-state index contributed by atoms with van der Waals surface area (Å²) in [5, 5.41) is 11.3. The minimum atomic E-state index is -0.651. The van der Waals surface area contributed by atoms with Crippen LogP contribution in [0.25, 0.3) is 0 Å². The summed E-state index contributed by atoms with van der Waals surface area (Å²) < 4.78 is 16.0. The Bertz CT molecular complexity index is 555. The van der Waals surface area contributed by atoms with Crippen LogP contribution in [0.3, 0.4) is 0 Å². The lowest BCUT2D eigenvalue weighted by atomic mass is 9.83. The molecule has 0 radical (unpaired) electrons. The molecule has 0 heterocycles. The fourth-order valence-corrected chi connectivity index (χ4v) is 2.78. The van der Waals surface area contributed by atoms with Gasteiger partial charge in [0.15, 0.2) is 11.5 Å². The van der Waals surface area contributed by atoms with Gasteiger partial charge < -0.3 is 14.2 Å². The Balaban J connectivity index is 2.52. The predicted molar refractivity (Wildman–Crippen MR) is 78.0 cm³/mol. The number of nitrogens with zero attached hydrogens (tertiary/aromatic N) is 1. The number of hydrogen-bond donors (Lipinski definition) is 0. The highest BCUT2D eigenvalue weighted by Crippen LogP contribution is 2.45. The highest BCUT2D eigenvalue weighted by Gasteiger charge is 2.36. The lowest BCUT2D eigenvalue weighted by molar-refractivity contribution is -0.526. The molecule has 0 aliphatic heterocycles. The van der Waals surface area contributed by atoms with Crippen molar-refractivity contribution in [3.63, 3.8) is 0 Å². The van der Waals surface area contributed by atoms with E-state index in [1.807, 2.05) is 18.2 Å². The molecule has 0 bridgehead atoms. The number of ether oxygens (including phenoxy) is 3. The average Bonchev–Trinajstić information content (AvgIpc) is 2.53. The summed E-state index contributed by atoms with van der Waals surface area (Å²) in [5.74, 6) is 1.28. The third kappa shape index (κ3) is 2.79. The standard InChI is InChI=1S/C15H19NO5/c1-19-13-9-8-11(14(20-2)15(13)21-3)10-6-4-5-7-12(10)16(17)18/h4-5,8-10,12H,6-7H2,1-3H3/t10-,12+/m1/s1. The Labute approximate surface area is 123 Å². The van der Waals surface area contributed by atoms with E-state index in [2.05, 4.69) is 0 Å². The van der Waals surface area contributed by atoms with Crippen LogP contribution in [-0.2, 0) is 0 Å². The maximum atomic E-state index is 11.3. The Morgan fingerprint density at radius 2 is 1.71 bits per heavy atom. The molecule has 0 amide bonds. The summed E-state index contributed by atoms with van der Waals surface area (Å²) in [6, 6.07) is 2.92. The van der Waals surface area contributed by atoms with Crippen molar-refractivity contribution in [2.75, 3.05) is 21.3 Å². The van der Waals surface area contributed by atoms with Crippen LogP contribution < -0.4 is 14.2 Å². The van der Waals surface area contributed by atoms with Crippen molar-refractivity contribution in [2.24, 2.45) is 0 Å². The molecule has 0 spiro atoms. The van der Waals surface area contributed by atoms with E-state index < -0.39 is 6.04 Å². The number of methoxy groups -OCH3 is 3. The molecule has 1 aliphatic rings. The van der Waals surface area contributed by atoms with Crippen molar-refractivity contribution in [3.8, 4) is 17.2 Å². The van der Waals surface area contributed by atoms with Crippen LogP contribution in [0, 0.1) is 10.1 Å². The summed E-state index contributed by atoms with van der Waals surface area (Å²) in [6.45, 7) is 0. The second kappa shape index (κ2) is 6.47. The van der Waals surface area contributed by atoms with Crippen LogP contribution in [0.5, 0.6) is 17.2 Å². The van der Waals surface area contributed by atoms with Gasteiger partial charge in [-0.05, 0) is 12.5 Å². The third-order valence-electron chi connectivity index (χ3n) is 3.80. The van der Waals surface area contributed by atoms with E-state index in [9.17, 15) is 10.1 Å². The molecule has 1 aliphatic carbocycles. The fourth-order valence-electron chi connectivity index (χ4n) is 2.78. The molecule has 21 heavy (non-hydrogen) atoms.